The largest absolute Gasteiger partial charge is 0.469 e. The van der Waals surface area contributed by atoms with Crippen molar-refractivity contribution in [2.75, 3.05) is 21.3 Å². The van der Waals surface area contributed by atoms with Crippen molar-refractivity contribution in [3.8, 4) is 0 Å². The lowest BCUT2D eigenvalue weighted by Gasteiger charge is -2.30. The number of carbonyl (C=O) groups excluding carboxylic acids is 4. The molecule has 1 aliphatic carbocycles. The van der Waals surface area contributed by atoms with Gasteiger partial charge in [-0.05, 0) is 19.3 Å². The number of carbonyl (C=O) groups is 4. The lowest BCUT2D eigenvalue weighted by Crippen LogP contribution is -2.43. The van der Waals surface area contributed by atoms with Crippen molar-refractivity contribution in [1.29, 1.82) is 0 Å². The highest BCUT2D eigenvalue weighted by Crippen LogP contribution is 2.36. The fraction of sp³-hybridized carbons (Fsp3) is 0.647. The highest BCUT2D eigenvalue weighted by molar-refractivity contribution is 6.01. The summed E-state index contributed by atoms with van der Waals surface area (Å²) in [6.07, 6.45) is 3.61. The molecule has 0 N–H and O–H groups in total. The fourth-order valence-electron chi connectivity index (χ4n) is 2.95. The fourth-order valence-corrected chi connectivity index (χ4v) is 2.95. The van der Waals surface area contributed by atoms with Gasteiger partial charge in [0.25, 0.3) is 0 Å². The molecule has 0 aromatic carbocycles. The van der Waals surface area contributed by atoms with Gasteiger partial charge in [-0.2, -0.15) is 0 Å². The maximum atomic E-state index is 12.4. The van der Waals surface area contributed by atoms with Crippen LogP contribution < -0.4 is 0 Å². The zero-order valence-electron chi connectivity index (χ0n) is 14.5. The summed E-state index contributed by atoms with van der Waals surface area (Å²) in [5.74, 6) is -3.30. The molecule has 1 rings (SSSR count). The Kier molecular flexibility index (Phi) is 7.13. The van der Waals surface area contributed by atoms with Gasteiger partial charge in [-0.15, -0.1) is 0 Å². The summed E-state index contributed by atoms with van der Waals surface area (Å²) >= 11 is 0. The minimum atomic E-state index is -1.56. The van der Waals surface area contributed by atoms with E-state index in [2.05, 4.69) is 0 Å². The van der Waals surface area contributed by atoms with E-state index in [9.17, 15) is 19.2 Å². The second-order valence-corrected chi connectivity index (χ2v) is 5.97. The van der Waals surface area contributed by atoms with Crippen molar-refractivity contribution in [3.63, 3.8) is 0 Å². The average molecular weight is 340 g/mol. The van der Waals surface area contributed by atoms with E-state index in [1.165, 1.54) is 21.3 Å². The Bertz CT molecular complexity index is 519. The quantitative estimate of drug-likeness (QED) is 0.332. The molecular weight excluding hydrogens is 316 g/mol. The van der Waals surface area contributed by atoms with Crippen LogP contribution in [0.4, 0.5) is 0 Å². The number of rotatable bonds is 3. The van der Waals surface area contributed by atoms with Gasteiger partial charge in [0, 0.05) is 12.3 Å². The van der Waals surface area contributed by atoms with Gasteiger partial charge in [0.15, 0.2) is 5.41 Å². The third kappa shape index (κ3) is 4.21. The van der Waals surface area contributed by atoms with Gasteiger partial charge in [-0.25, -0.2) is 0 Å². The minimum absolute atomic E-state index is 0.00337. The van der Waals surface area contributed by atoms with E-state index in [0.717, 1.165) is 0 Å². The van der Waals surface area contributed by atoms with Crippen molar-refractivity contribution in [3.05, 3.63) is 12.2 Å². The van der Waals surface area contributed by atoms with Crippen LogP contribution in [-0.4, -0.2) is 45.0 Å². The molecule has 2 atom stereocenters. The van der Waals surface area contributed by atoms with E-state index in [-0.39, 0.29) is 25.0 Å². The second-order valence-electron chi connectivity index (χ2n) is 5.97. The zero-order chi connectivity index (χ0) is 18.3. The molecular formula is C17H24O7. The Morgan fingerprint density at radius 3 is 2.12 bits per heavy atom. The first-order valence-corrected chi connectivity index (χ1v) is 7.74. The van der Waals surface area contributed by atoms with Crippen molar-refractivity contribution < 1.29 is 33.4 Å². The van der Waals surface area contributed by atoms with Crippen molar-refractivity contribution in [2.24, 2.45) is 17.3 Å². The predicted octanol–water partition coefficient (Wildman–Crippen LogP) is 1.44. The normalized spacial score (nSPS) is 25.2. The number of allylic oxidation sites excluding steroid dienone is 2. The minimum Gasteiger partial charge on any atom is -0.469 e. The average Bonchev–Trinajstić information content (AvgIpc) is 2.59. The molecule has 24 heavy (non-hydrogen) atoms. The first-order valence-electron chi connectivity index (χ1n) is 7.74. The Morgan fingerprint density at radius 2 is 1.62 bits per heavy atom. The van der Waals surface area contributed by atoms with Crippen molar-refractivity contribution in [2.45, 2.75) is 32.6 Å². The SMILES string of the molecule is COC(=O)[C@H]1C/C=C/CC(C(=O)OC)(C(=O)OC)C[C@@H](C)C(=O)C1. The monoisotopic (exact) mass is 340 g/mol. The number of ether oxygens (including phenoxy) is 3. The number of ketones is 1. The summed E-state index contributed by atoms with van der Waals surface area (Å²) in [5, 5.41) is 0. The van der Waals surface area contributed by atoms with Crippen LogP contribution in [0, 0.1) is 17.3 Å². The highest BCUT2D eigenvalue weighted by Gasteiger charge is 2.49. The van der Waals surface area contributed by atoms with Gasteiger partial charge < -0.3 is 14.2 Å². The first kappa shape index (κ1) is 19.9. The molecule has 0 radical (unpaired) electrons. The molecule has 0 spiro atoms. The summed E-state index contributed by atoms with van der Waals surface area (Å²) in [4.78, 5) is 48.8. The molecule has 0 unspecified atom stereocenters. The molecule has 0 amide bonds. The summed E-state index contributed by atoms with van der Waals surface area (Å²) in [5.41, 5.74) is -1.56. The number of methoxy groups -OCH3 is 3. The highest BCUT2D eigenvalue weighted by atomic mass is 16.5. The van der Waals surface area contributed by atoms with Crippen molar-refractivity contribution >= 4 is 23.7 Å². The molecule has 0 saturated heterocycles. The maximum absolute atomic E-state index is 12.4. The predicted molar refractivity (Wildman–Crippen MR) is 83.8 cm³/mol. The van der Waals surface area contributed by atoms with Gasteiger partial charge in [-0.3, -0.25) is 19.2 Å². The molecule has 0 saturated carbocycles. The van der Waals surface area contributed by atoms with Gasteiger partial charge in [0.05, 0.1) is 27.2 Å². The van der Waals surface area contributed by atoms with Crippen molar-refractivity contribution in [1.82, 2.24) is 0 Å². The van der Waals surface area contributed by atoms with Gasteiger partial charge in [0.1, 0.15) is 5.78 Å². The second kappa shape index (κ2) is 8.61. The van der Waals surface area contributed by atoms with Crippen LogP contribution in [0.15, 0.2) is 12.2 Å². The van der Waals surface area contributed by atoms with E-state index >= 15 is 0 Å². The summed E-state index contributed by atoms with van der Waals surface area (Å²) in [6, 6.07) is 0. The molecule has 0 heterocycles. The number of hydrogen-bond donors (Lipinski definition) is 0. The molecule has 7 heteroatoms. The lowest BCUT2D eigenvalue weighted by atomic mass is 9.74. The molecule has 0 aliphatic heterocycles. The van der Waals surface area contributed by atoms with E-state index in [0.29, 0.717) is 6.42 Å². The van der Waals surface area contributed by atoms with Crippen LogP contribution in [-0.2, 0) is 33.4 Å². The molecule has 134 valence electrons. The Morgan fingerprint density at radius 1 is 1.04 bits per heavy atom. The van der Waals surface area contributed by atoms with Gasteiger partial charge in [-0.1, -0.05) is 19.1 Å². The molecule has 1 aliphatic rings. The van der Waals surface area contributed by atoms with Gasteiger partial charge in [0.2, 0.25) is 0 Å². The molecule has 0 aromatic rings. The smallest absolute Gasteiger partial charge is 0.323 e. The van der Waals surface area contributed by atoms with E-state index < -0.39 is 35.2 Å². The standard InChI is InChI=1S/C17H24O7/c1-11-10-17(15(20)23-3,16(21)24-4)8-6-5-7-12(9-13(11)18)14(19)22-2/h5-6,11-12H,7-10H2,1-4H3/b6-5+/t11-,12+/m1/s1. The number of Topliss-reactive ketones (excluding diaryl/α,β-unsaturated/α-hetero) is 1. The van der Waals surface area contributed by atoms with Gasteiger partial charge >= 0.3 is 17.9 Å². The lowest BCUT2D eigenvalue weighted by molar-refractivity contribution is -0.170. The Hall–Kier alpha value is -2.18. The van der Waals surface area contributed by atoms with Crippen LogP contribution in [0.3, 0.4) is 0 Å². The molecule has 0 aromatic heterocycles. The third-order valence-corrected chi connectivity index (χ3v) is 4.39. The first-order chi connectivity index (χ1) is 11.3. The number of esters is 3. The van der Waals surface area contributed by atoms with Crippen LogP contribution in [0.5, 0.6) is 0 Å². The zero-order valence-corrected chi connectivity index (χ0v) is 14.5. The molecule has 7 nitrogen and oxygen atoms in total. The summed E-state index contributed by atoms with van der Waals surface area (Å²) in [7, 11) is 3.66. The Labute approximate surface area is 141 Å². The third-order valence-electron chi connectivity index (χ3n) is 4.39. The molecule has 0 bridgehead atoms. The van der Waals surface area contributed by atoms with Crippen LogP contribution in [0.1, 0.15) is 32.6 Å². The summed E-state index contributed by atoms with van der Waals surface area (Å²) < 4.78 is 14.3. The summed E-state index contributed by atoms with van der Waals surface area (Å²) in [6.45, 7) is 1.63. The van der Waals surface area contributed by atoms with Crippen LogP contribution >= 0.6 is 0 Å². The van der Waals surface area contributed by atoms with Crippen LogP contribution in [0.2, 0.25) is 0 Å². The maximum Gasteiger partial charge on any atom is 0.323 e. The Balaban J connectivity index is 3.22. The van der Waals surface area contributed by atoms with E-state index in [1.54, 1.807) is 19.1 Å². The van der Waals surface area contributed by atoms with E-state index in [4.69, 9.17) is 14.2 Å². The van der Waals surface area contributed by atoms with Crippen LogP contribution in [0.25, 0.3) is 0 Å². The topological polar surface area (TPSA) is 96.0 Å². The molecule has 0 fully saturated rings. The van der Waals surface area contributed by atoms with E-state index in [1.807, 2.05) is 0 Å². The number of hydrogen-bond acceptors (Lipinski definition) is 7.